The molecule has 2 aromatic rings. The van der Waals surface area contributed by atoms with Gasteiger partial charge in [0, 0.05) is 18.2 Å². The summed E-state index contributed by atoms with van der Waals surface area (Å²) < 4.78 is 27.0. The maximum atomic E-state index is 13.1. The van der Waals surface area contributed by atoms with Crippen LogP contribution < -0.4 is 5.48 Å². The Morgan fingerprint density at radius 2 is 1.81 bits per heavy atom. The third kappa shape index (κ3) is 4.48. The minimum absolute atomic E-state index is 0.0655. The summed E-state index contributed by atoms with van der Waals surface area (Å²) in [6.45, 7) is 2.66. The average Bonchev–Trinajstić information content (AvgIpc) is 2.65. The molecule has 1 unspecified atom stereocenters. The molecule has 144 valence electrons. The Kier molecular flexibility index (Phi) is 6.26. The number of benzene rings is 2. The van der Waals surface area contributed by atoms with E-state index >= 15 is 0 Å². The molecule has 10 heteroatoms. The van der Waals surface area contributed by atoms with E-state index in [1.54, 1.807) is 19.1 Å². The van der Waals surface area contributed by atoms with Gasteiger partial charge in [0.1, 0.15) is 6.04 Å². The van der Waals surface area contributed by atoms with Crippen molar-refractivity contribution < 1.29 is 23.3 Å². The van der Waals surface area contributed by atoms with Gasteiger partial charge in [0.15, 0.2) is 0 Å². The second-order valence-corrected chi connectivity index (χ2v) is 7.79. The molecule has 0 radical (unpaired) electrons. The summed E-state index contributed by atoms with van der Waals surface area (Å²) in [6.07, 6.45) is 0. The number of hydrogen-bond donors (Lipinski definition) is 2. The van der Waals surface area contributed by atoms with Crippen molar-refractivity contribution in [1.82, 2.24) is 9.79 Å². The van der Waals surface area contributed by atoms with Gasteiger partial charge in [-0.3, -0.25) is 20.1 Å². The summed E-state index contributed by atoms with van der Waals surface area (Å²) in [6, 6.07) is 10.4. The highest BCUT2D eigenvalue weighted by molar-refractivity contribution is 7.89. The Hall–Kier alpha value is -2.82. The first-order valence-corrected chi connectivity index (χ1v) is 9.37. The van der Waals surface area contributed by atoms with Gasteiger partial charge < -0.3 is 0 Å². The quantitative estimate of drug-likeness (QED) is 0.420. The van der Waals surface area contributed by atoms with Gasteiger partial charge in [-0.05, 0) is 26.0 Å². The highest BCUT2D eigenvalue weighted by Crippen LogP contribution is 2.26. The maximum Gasteiger partial charge on any atom is 0.273 e. The van der Waals surface area contributed by atoms with Gasteiger partial charge >= 0.3 is 0 Å². The number of hydroxylamine groups is 1. The largest absolute Gasteiger partial charge is 0.289 e. The first kappa shape index (κ1) is 20.5. The summed E-state index contributed by atoms with van der Waals surface area (Å²) in [5.41, 5.74) is 2.13. The van der Waals surface area contributed by atoms with Crippen LogP contribution in [-0.2, 0) is 21.4 Å². The van der Waals surface area contributed by atoms with Gasteiger partial charge in [0.2, 0.25) is 10.0 Å². The van der Waals surface area contributed by atoms with Crippen molar-refractivity contribution in [3.8, 4) is 0 Å². The van der Waals surface area contributed by atoms with E-state index in [1.807, 2.05) is 0 Å². The monoisotopic (exact) mass is 393 g/mol. The number of rotatable bonds is 7. The Labute approximate surface area is 156 Å². The van der Waals surface area contributed by atoms with Crippen LogP contribution in [0.4, 0.5) is 5.69 Å². The molecule has 0 saturated heterocycles. The van der Waals surface area contributed by atoms with Crippen LogP contribution in [0.5, 0.6) is 0 Å². The number of carbonyl (C=O) groups excluding carboxylic acids is 1. The van der Waals surface area contributed by atoms with Crippen LogP contribution in [0.2, 0.25) is 0 Å². The normalized spacial score (nSPS) is 12.6. The molecule has 9 nitrogen and oxygen atoms in total. The van der Waals surface area contributed by atoms with Crippen LogP contribution >= 0.6 is 0 Å². The fourth-order valence-electron chi connectivity index (χ4n) is 2.49. The molecule has 27 heavy (non-hydrogen) atoms. The summed E-state index contributed by atoms with van der Waals surface area (Å²) in [4.78, 5) is 22.4. The third-order valence-electron chi connectivity index (χ3n) is 4.06. The first-order chi connectivity index (χ1) is 12.7. The molecule has 0 saturated carbocycles. The molecule has 0 heterocycles. The van der Waals surface area contributed by atoms with Crippen LogP contribution in [0.1, 0.15) is 18.1 Å². The highest BCUT2D eigenvalue weighted by Gasteiger charge is 2.34. The average molecular weight is 393 g/mol. The molecule has 0 spiro atoms. The molecule has 1 amide bonds. The van der Waals surface area contributed by atoms with Gasteiger partial charge in [-0.15, -0.1) is 0 Å². The van der Waals surface area contributed by atoms with Gasteiger partial charge in [-0.1, -0.05) is 35.9 Å². The van der Waals surface area contributed by atoms with Gasteiger partial charge in [0.25, 0.3) is 11.6 Å². The zero-order valence-corrected chi connectivity index (χ0v) is 15.5. The number of amides is 1. The van der Waals surface area contributed by atoms with Gasteiger partial charge in [-0.2, -0.15) is 4.31 Å². The summed E-state index contributed by atoms with van der Waals surface area (Å²) in [7, 11) is -4.17. The number of nitro benzene ring substituents is 1. The summed E-state index contributed by atoms with van der Waals surface area (Å²) >= 11 is 0. The van der Waals surface area contributed by atoms with E-state index in [0.29, 0.717) is 0 Å². The Balaban J connectivity index is 2.54. The van der Waals surface area contributed by atoms with Crippen LogP contribution in [0.25, 0.3) is 0 Å². The Bertz CT molecular complexity index is 943. The van der Waals surface area contributed by atoms with Crippen LogP contribution in [0, 0.1) is 17.0 Å². The summed E-state index contributed by atoms with van der Waals surface area (Å²) in [5.74, 6) is -0.954. The number of sulfonamides is 1. The second kappa shape index (κ2) is 8.25. The smallest absolute Gasteiger partial charge is 0.273 e. The number of nitrogens with one attached hydrogen (secondary N) is 1. The van der Waals surface area contributed by atoms with Gasteiger partial charge in [0.05, 0.1) is 9.82 Å². The minimum Gasteiger partial charge on any atom is -0.289 e. The maximum absolute atomic E-state index is 13.1. The lowest BCUT2D eigenvalue weighted by molar-refractivity contribution is -0.385. The topological polar surface area (TPSA) is 130 Å². The van der Waals surface area contributed by atoms with Crippen LogP contribution in [0.3, 0.4) is 0 Å². The predicted octanol–water partition coefficient (Wildman–Crippen LogP) is 1.99. The van der Waals surface area contributed by atoms with Crippen molar-refractivity contribution in [2.24, 2.45) is 0 Å². The third-order valence-corrected chi connectivity index (χ3v) is 5.99. The number of aryl methyl sites for hydroxylation is 1. The standard InChI is InChI=1S/C17H19N3O6S/c1-12-7-9-15(10-8-12)27(25,26)19(13(2)17(21)18-22)11-14-5-3-4-6-16(14)20(23)24/h3-10,13,22H,11H2,1-2H3,(H,18,21). The molecule has 0 aliphatic heterocycles. The van der Waals surface area contributed by atoms with Crippen LogP contribution in [-0.4, -0.2) is 34.8 Å². The predicted molar refractivity (Wildman–Crippen MR) is 96.4 cm³/mol. The fraction of sp³-hybridized carbons (Fsp3) is 0.235. The number of hydrogen-bond acceptors (Lipinski definition) is 6. The molecular weight excluding hydrogens is 374 g/mol. The zero-order valence-electron chi connectivity index (χ0n) is 14.7. The molecule has 1 atom stereocenters. The molecule has 0 aromatic heterocycles. The van der Waals surface area contributed by atoms with Crippen molar-refractivity contribution in [3.05, 3.63) is 69.8 Å². The van der Waals surface area contributed by atoms with E-state index in [2.05, 4.69) is 0 Å². The molecular formula is C17H19N3O6S. The van der Waals surface area contributed by atoms with E-state index in [4.69, 9.17) is 5.21 Å². The first-order valence-electron chi connectivity index (χ1n) is 7.93. The lowest BCUT2D eigenvalue weighted by Gasteiger charge is -2.27. The Morgan fingerprint density at radius 3 is 2.37 bits per heavy atom. The van der Waals surface area contributed by atoms with Gasteiger partial charge in [-0.25, -0.2) is 13.9 Å². The minimum atomic E-state index is -4.17. The molecule has 2 aromatic carbocycles. The fourth-order valence-corrected chi connectivity index (χ4v) is 4.06. The van der Waals surface area contributed by atoms with Crippen molar-refractivity contribution >= 4 is 21.6 Å². The van der Waals surface area contributed by atoms with Crippen molar-refractivity contribution in [1.29, 1.82) is 0 Å². The molecule has 0 bridgehead atoms. The summed E-state index contributed by atoms with van der Waals surface area (Å²) in [5, 5.41) is 20.1. The molecule has 0 fully saturated rings. The number of nitro groups is 1. The van der Waals surface area contributed by atoms with Crippen molar-refractivity contribution in [2.75, 3.05) is 0 Å². The van der Waals surface area contributed by atoms with E-state index in [1.165, 1.54) is 48.8 Å². The number of para-hydroxylation sites is 1. The Morgan fingerprint density at radius 1 is 1.22 bits per heavy atom. The number of carbonyl (C=O) groups is 1. The van der Waals surface area contributed by atoms with E-state index in [9.17, 15) is 23.3 Å². The second-order valence-electron chi connectivity index (χ2n) is 5.90. The van der Waals surface area contributed by atoms with Crippen molar-refractivity contribution in [2.45, 2.75) is 31.3 Å². The highest BCUT2D eigenvalue weighted by atomic mass is 32.2. The zero-order chi connectivity index (χ0) is 20.2. The molecule has 0 aliphatic carbocycles. The lowest BCUT2D eigenvalue weighted by atomic mass is 10.1. The molecule has 0 aliphatic rings. The van der Waals surface area contributed by atoms with E-state index in [-0.39, 0.29) is 16.1 Å². The van der Waals surface area contributed by atoms with Crippen molar-refractivity contribution in [3.63, 3.8) is 0 Å². The molecule has 2 N–H and O–H groups in total. The SMILES string of the molecule is Cc1ccc(S(=O)(=O)N(Cc2ccccc2[N+](=O)[O-])C(C)C(=O)NO)cc1. The van der Waals surface area contributed by atoms with E-state index in [0.717, 1.165) is 9.87 Å². The lowest BCUT2D eigenvalue weighted by Crippen LogP contribution is -2.46. The van der Waals surface area contributed by atoms with E-state index < -0.39 is 33.4 Å². The number of nitrogens with zero attached hydrogens (tertiary/aromatic N) is 2. The molecule has 2 rings (SSSR count). The van der Waals surface area contributed by atoms with Crippen LogP contribution in [0.15, 0.2) is 53.4 Å².